The summed E-state index contributed by atoms with van der Waals surface area (Å²) in [4.78, 5) is 4.03. The van der Waals surface area contributed by atoms with Gasteiger partial charge in [-0.05, 0) is 19.1 Å². The van der Waals surface area contributed by atoms with Gasteiger partial charge in [0, 0.05) is 18.3 Å². The van der Waals surface area contributed by atoms with Crippen LogP contribution in [0.1, 0.15) is 12.6 Å². The first-order chi connectivity index (χ1) is 8.41. The number of nitrogens with one attached hydrogen (secondary N) is 1. The zero-order chi connectivity index (χ0) is 13.6. The fourth-order valence-electron chi connectivity index (χ4n) is 1.33. The van der Waals surface area contributed by atoms with Gasteiger partial charge in [-0.25, -0.2) is 13.1 Å². The average molecular weight is 274 g/mol. The summed E-state index contributed by atoms with van der Waals surface area (Å²) in [5.41, 5.74) is -0.555. The monoisotopic (exact) mass is 274 g/mol. The molecule has 0 bridgehead atoms. The van der Waals surface area contributed by atoms with E-state index in [1.54, 1.807) is 24.4 Å². The summed E-state index contributed by atoms with van der Waals surface area (Å²) >= 11 is 0. The van der Waals surface area contributed by atoms with Crippen LogP contribution < -0.4 is 4.72 Å². The van der Waals surface area contributed by atoms with Crippen LogP contribution in [0.3, 0.4) is 0 Å². The summed E-state index contributed by atoms with van der Waals surface area (Å²) < 4.78 is 25.8. The number of hydrogen-bond acceptors (Lipinski definition) is 5. The van der Waals surface area contributed by atoms with Gasteiger partial charge in [0.15, 0.2) is 0 Å². The van der Waals surface area contributed by atoms with Gasteiger partial charge in [0.25, 0.3) is 0 Å². The van der Waals surface area contributed by atoms with E-state index in [1.807, 2.05) is 0 Å². The van der Waals surface area contributed by atoms with E-state index in [2.05, 4.69) is 9.71 Å². The van der Waals surface area contributed by atoms with Gasteiger partial charge in [0.1, 0.15) is 0 Å². The third kappa shape index (κ3) is 4.69. The lowest BCUT2D eigenvalue weighted by atomic mass is 10.1. The van der Waals surface area contributed by atoms with Crippen LogP contribution in [0.15, 0.2) is 24.4 Å². The molecule has 0 radical (unpaired) electrons. The van der Waals surface area contributed by atoms with Gasteiger partial charge < -0.3 is 10.2 Å². The number of aliphatic hydroxyl groups excluding tert-OH is 2. The first kappa shape index (κ1) is 15.0. The van der Waals surface area contributed by atoms with Crippen molar-refractivity contribution in [2.45, 2.75) is 18.9 Å². The third-order valence-electron chi connectivity index (χ3n) is 2.45. The molecule has 0 amide bonds. The maximum Gasteiger partial charge on any atom is 0.212 e. The van der Waals surface area contributed by atoms with Crippen LogP contribution in [0.5, 0.6) is 0 Å². The molecular weight excluding hydrogens is 256 g/mol. The topological polar surface area (TPSA) is 99.5 Å². The van der Waals surface area contributed by atoms with Crippen molar-refractivity contribution in [3.05, 3.63) is 30.1 Å². The molecule has 1 aromatic rings. The molecule has 6 nitrogen and oxygen atoms in total. The lowest BCUT2D eigenvalue weighted by Gasteiger charge is -2.25. The fraction of sp³-hybridized carbons (Fsp3) is 0.545. The fourth-order valence-corrected chi connectivity index (χ4v) is 2.79. The summed E-state index contributed by atoms with van der Waals surface area (Å²) in [6.45, 7) is 0.504. The molecule has 3 N–H and O–H groups in total. The van der Waals surface area contributed by atoms with E-state index in [0.717, 1.165) is 0 Å². The molecule has 0 aliphatic carbocycles. The maximum atomic E-state index is 11.8. The number of nitrogens with zero attached hydrogens (tertiary/aromatic N) is 1. The Morgan fingerprint density at radius 2 is 2.00 bits per heavy atom. The van der Waals surface area contributed by atoms with Crippen molar-refractivity contribution in [1.82, 2.24) is 9.71 Å². The number of aromatic nitrogens is 1. The van der Waals surface area contributed by atoms with Crippen LogP contribution in [0.25, 0.3) is 0 Å². The predicted octanol–water partition coefficient (Wildman–Crippen LogP) is -0.713. The summed E-state index contributed by atoms with van der Waals surface area (Å²) in [6, 6.07) is 5.28. The summed E-state index contributed by atoms with van der Waals surface area (Å²) in [5.74, 6) is -0.139. The normalized spacial score (nSPS) is 12.6. The highest BCUT2D eigenvalue weighted by Gasteiger charge is 2.28. The second-order valence-electron chi connectivity index (χ2n) is 4.37. The zero-order valence-electron chi connectivity index (χ0n) is 10.2. The average Bonchev–Trinajstić information content (AvgIpc) is 2.37. The van der Waals surface area contributed by atoms with Crippen LogP contribution in [0.2, 0.25) is 0 Å². The summed E-state index contributed by atoms with van der Waals surface area (Å²) in [5, 5.41) is 18.1. The van der Waals surface area contributed by atoms with Gasteiger partial charge in [-0.1, -0.05) is 6.07 Å². The molecule has 0 aliphatic heterocycles. The van der Waals surface area contributed by atoms with Crippen molar-refractivity contribution >= 4 is 10.0 Å². The van der Waals surface area contributed by atoms with Crippen molar-refractivity contribution in [2.24, 2.45) is 0 Å². The lowest BCUT2D eigenvalue weighted by molar-refractivity contribution is 0.122. The van der Waals surface area contributed by atoms with Gasteiger partial charge in [-0.15, -0.1) is 0 Å². The summed E-state index contributed by atoms with van der Waals surface area (Å²) in [6.07, 6.45) is 1.88. The van der Waals surface area contributed by atoms with E-state index < -0.39 is 28.8 Å². The Kier molecular flexibility index (Phi) is 5.21. The van der Waals surface area contributed by atoms with Crippen molar-refractivity contribution in [1.29, 1.82) is 0 Å². The Hall–Kier alpha value is -1.02. The molecule has 0 fully saturated rings. The van der Waals surface area contributed by atoms with Gasteiger partial charge in [-0.3, -0.25) is 4.98 Å². The Labute approximate surface area is 107 Å². The van der Waals surface area contributed by atoms with Gasteiger partial charge >= 0.3 is 0 Å². The molecule has 0 atom stereocenters. The molecule has 0 saturated heterocycles. The molecule has 0 aromatic carbocycles. The highest BCUT2D eigenvalue weighted by atomic mass is 32.2. The summed E-state index contributed by atoms with van der Waals surface area (Å²) in [7, 11) is -3.57. The smallest absolute Gasteiger partial charge is 0.212 e. The van der Waals surface area contributed by atoms with Gasteiger partial charge in [0.2, 0.25) is 10.0 Å². The second-order valence-corrected chi connectivity index (χ2v) is 6.21. The molecule has 1 rings (SSSR count). The number of rotatable bonds is 7. The molecule has 0 saturated carbocycles. The van der Waals surface area contributed by atoms with Gasteiger partial charge in [0.05, 0.1) is 24.5 Å². The standard InChI is InChI=1S/C11H18N2O4S/c1-11(8-14,9-15)13-18(16,17)7-5-10-4-2-3-6-12-10/h2-4,6,13-15H,5,7-9H2,1H3. The number of sulfonamides is 1. The Balaban J connectivity index is 2.61. The van der Waals surface area contributed by atoms with Crippen LogP contribution in [-0.4, -0.2) is 48.1 Å². The van der Waals surface area contributed by atoms with E-state index in [9.17, 15) is 8.42 Å². The van der Waals surface area contributed by atoms with E-state index >= 15 is 0 Å². The minimum atomic E-state index is -3.57. The van der Waals surface area contributed by atoms with Crippen molar-refractivity contribution in [2.75, 3.05) is 19.0 Å². The van der Waals surface area contributed by atoms with E-state index in [1.165, 1.54) is 6.92 Å². The minimum absolute atomic E-state index is 0.139. The van der Waals surface area contributed by atoms with Crippen molar-refractivity contribution < 1.29 is 18.6 Å². The Morgan fingerprint density at radius 3 is 2.50 bits per heavy atom. The molecule has 7 heteroatoms. The molecule has 0 unspecified atom stereocenters. The number of hydrogen-bond donors (Lipinski definition) is 3. The zero-order valence-corrected chi connectivity index (χ0v) is 11.0. The Bertz CT molecular complexity index is 457. The number of aliphatic hydroxyl groups is 2. The molecule has 102 valence electrons. The van der Waals surface area contributed by atoms with Crippen molar-refractivity contribution in [3.63, 3.8) is 0 Å². The van der Waals surface area contributed by atoms with Crippen LogP contribution in [0.4, 0.5) is 0 Å². The van der Waals surface area contributed by atoms with Gasteiger partial charge in [-0.2, -0.15) is 0 Å². The third-order valence-corrected chi connectivity index (χ3v) is 4.00. The predicted molar refractivity (Wildman–Crippen MR) is 67.4 cm³/mol. The molecule has 18 heavy (non-hydrogen) atoms. The molecule has 1 aromatic heterocycles. The number of pyridine rings is 1. The highest BCUT2D eigenvalue weighted by molar-refractivity contribution is 7.89. The minimum Gasteiger partial charge on any atom is -0.394 e. The SMILES string of the molecule is CC(CO)(CO)NS(=O)(=O)CCc1ccccn1. The highest BCUT2D eigenvalue weighted by Crippen LogP contribution is 2.05. The first-order valence-corrected chi connectivity index (χ1v) is 7.19. The molecular formula is C11H18N2O4S. The quantitative estimate of drug-likeness (QED) is 0.610. The lowest BCUT2D eigenvalue weighted by Crippen LogP contribution is -2.52. The van der Waals surface area contributed by atoms with Crippen LogP contribution >= 0.6 is 0 Å². The number of aryl methyl sites for hydroxylation is 1. The molecule has 0 aliphatic rings. The molecule has 1 heterocycles. The van der Waals surface area contributed by atoms with E-state index in [0.29, 0.717) is 5.69 Å². The maximum absolute atomic E-state index is 11.8. The van der Waals surface area contributed by atoms with Crippen molar-refractivity contribution in [3.8, 4) is 0 Å². The first-order valence-electron chi connectivity index (χ1n) is 5.54. The largest absolute Gasteiger partial charge is 0.394 e. The van der Waals surface area contributed by atoms with Crippen LogP contribution in [0, 0.1) is 0 Å². The second kappa shape index (κ2) is 6.24. The van der Waals surface area contributed by atoms with E-state index in [-0.39, 0.29) is 12.2 Å². The Morgan fingerprint density at radius 1 is 1.33 bits per heavy atom. The van der Waals surface area contributed by atoms with Crippen LogP contribution in [-0.2, 0) is 16.4 Å². The molecule has 0 spiro atoms. The van der Waals surface area contributed by atoms with E-state index in [4.69, 9.17) is 10.2 Å².